The number of ether oxygens (including phenoxy) is 4. The van der Waals surface area contributed by atoms with E-state index >= 15 is 0 Å². The largest absolute Gasteiger partial charge is 0.493 e. The number of esters is 2. The Morgan fingerprint density at radius 1 is 0.689 bits per heavy atom. The molecule has 1 saturated heterocycles. The van der Waals surface area contributed by atoms with E-state index < -0.39 is 113 Å². The number of carbonyl (C=O) groups excluding carboxylic acids is 10. The van der Waals surface area contributed by atoms with E-state index in [1.165, 1.54) is 67.8 Å². The van der Waals surface area contributed by atoms with E-state index in [0.29, 0.717) is 53.1 Å². The number of nitrogens with one attached hydrogen (secondary N) is 3. The fourth-order valence-electron chi connectivity index (χ4n) is 11.1. The Kier molecular flexibility index (Phi) is 25.8. The summed E-state index contributed by atoms with van der Waals surface area (Å²) in [5.41, 5.74) is 1.31. The van der Waals surface area contributed by atoms with Crippen molar-refractivity contribution in [3.05, 3.63) is 138 Å². The first-order valence-electron chi connectivity index (χ1n) is 30.8. The van der Waals surface area contributed by atoms with Gasteiger partial charge < -0.3 is 54.5 Å². The summed E-state index contributed by atoms with van der Waals surface area (Å²) in [7, 11) is 7.54. The Bertz CT molecular complexity index is 3200. The number of fused-ring (bicyclic) bond motifs is 3. The van der Waals surface area contributed by atoms with Crippen molar-refractivity contribution in [2.75, 3.05) is 60.4 Å². The monoisotopic (exact) mass is 1240 g/mol. The van der Waals surface area contributed by atoms with Crippen molar-refractivity contribution < 1.29 is 66.9 Å². The lowest BCUT2D eigenvalue weighted by atomic mass is 9.87. The highest BCUT2D eigenvalue weighted by atomic mass is 16.5. The highest BCUT2D eigenvalue weighted by molar-refractivity contribution is 6.38. The van der Waals surface area contributed by atoms with E-state index in [1.54, 1.807) is 93.7 Å². The fourth-order valence-corrected chi connectivity index (χ4v) is 11.1. The lowest BCUT2D eigenvalue weighted by molar-refractivity contribution is -0.165. The minimum atomic E-state index is -1.52. The molecule has 0 aromatic heterocycles. The molecule has 2 bridgehead atoms. The van der Waals surface area contributed by atoms with Crippen LogP contribution in [0, 0.1) is 17.3 Å². The molecule has 21 nitrogen and oxygen atoms in total. The zero-order chi connectivity index (χ0) is 65.8. The van der Waals surface area contributed by atoms with Crippen LogP contribution in [0.3, 0.4) is 0 Å². The Balaban J connectivity index is 1.34. The lowest BCUT2D eigenvalue weighted by Gasteiger charge is -2.36. The molecule has 0 aliphatic carbocycles. The Morgan fingerprint density at radius 3 is 2.03 bits per heavy atom. The van der Waals surface area contributed by atoms with Gasteiger partial charge in [0.1, 0.15) is 42.9 Å². The van der Waals surface area contributed by atoms with E-state index in [2.05, 4.69) is 16.0 Å². The maximum Gasteiger partial charge on any atom is 0.330 e. The van der Waals surface area contributed by atoms with Crippen LogP contribution in [0.1, 0.15) is 127 Å². The van der Waals surface area contributed by atoms with E-state index in [4.69, 9.17) is 18.9 Å². The van der Waals surface area contributed by atoms with Gasteiger partial charge in [-0.1, -0.05) is 113 Å². The quantitative estimate of drug-likeness (QED) is 0.0970. The average Bonchev–Trinajstić information content (AvgIpc) is 0.976. The van der Waals surface area contributed by atoms with E-state index in [1.807, 2.05) is 44.2 Å². The molecule has 90 heavy (non-hydrogen) atoms. The normalized spacial score (nSPS) is 22.3. The summed E-state index contributed by atoms with van der Waals surface area (Å²) < 4.78 is 22.8. The highest BCUT2D eigenvalue weighted by Gasteiger charge is 2.43. The molecule has 2 aliphatic rings. The first kappa shape index (κ1) is 70.2. The van der Waals surface area contributed by atoms with E-state index in [9.17, 15) is 47.9 Å². The number of aryl methyl sites for hydroxylation is 1. The molecule has 6 atom stereocenters. The van der Waals surface area contributed by atoms with Crippen molar-refractivity contribution in [3.63, 3.8) is 0 Å². The Morgan fingerprint density at radius 2 is 1.37 bits per heavy atom. The lowest BCUT2D eigenvalue weighted by Crippen LogP contribution is -2.59. The minimum Gasteiger partial charge on any atom is -0.493 e. The van der Waals surface area contributed by atoms with Gasteiger partial charge >= 0.3 is 11.9 Å². The third kappa shape index (κ3) is 19.3. The zero-order valence-corrected chi connectivity index (χ0v) is 53.8. The predicted molar refractivity (Wildman–Crippen MR) is 338 cm³/mol. The van der Waals surface area contributed by atoms with Crippen LogP contribution in [0.25, 0.3) is 0 Å². The molecule has 1 unspecified atom stereocenters. The number of benzene rings is 4. The number of hydrogen-bond acceptors (Lipinski definition) is 14. The summed E-state index contributed by atoms with van der Waals surface area (Å²) in [4.78, 5) is 148. The summed E-state index contributed by atoms with van der Waals surface area (Å²) in [5.74, 6) is -6.36. The third-order valence-electron chi connectivity index (χ3n) is 16.3. The van der Waals surface area contributed by atoms with Crippen molar-refractivity contribution in [2.45, 2.75) is 142 Å². The van der Waals surface area contributed by atoms with E-state index in [-0.39, 0.29) is 64.0 Å². The smallest absolute Gasteiger partial charge is 0.330 e. The molecule has 0 spiro atoms. The SMILES string of the molecule is COc1ccc(CC[C@H]2OC(=O)[C@@H]3CCCCN3C(=O)C(=O)C(C)(C)COC(=O)C=CCCN(C)C(=O)[C@H](c3ccccc3)NC(=O)C(C(C)C)N(C)C(=O)[C@@H](Cc3ccccc3)NC(=O)[C@H](CC(C)C)N(C)C(=O)CCC(=O)Nc3cccc2c3)cc1OC. The number of nitrogens with zero attached hydrogens (tertiary/aromatic N) is 4. The van der Waals surface area contributed by atoms with Gasteiger partial charge in [-0.05, 0) is 117 Å². The molecule has 2 aliphatic heterocycles. The predicted octanol–water partition coefficient (Wildman–Crippen LogP) is 7.52. The second-order valence-corrected chi connectivity index (χ2v) is 24.5. The van der Waals surface area contributed by atoms with Crippen LogP contribution in [0.4, 0.5) is 5.69 Å². The summed E-state index contributed by atoms with van der Waals surface area (Å²) >= 11 is 0. The molecule has 6 rings (SSSR count). The van der Waals surface area contributed by atoms with Gasteiger partial charge in [0, 0.05) is 65.3 Å². The molecular formula is C69H89N7O14. The maximum absolute atomic E-state index is 15.0. The first-order chi connectivity index (χ1) is 42.8. The van der Waals surface area contributed by atoms with Crippen molar-refractivity contribution in [2.24, 2.45) is 17.3 Å². The molecular weight excluding hydrogens is 1150 g/mol. The van der Waals surface area contributed by atoms with Crippen molar-refractivity contribution in [1.29, 1.82) is 0 Å². The number of methoxy groups -OCH3 is 2. The summed E-state index contributed by atoms with van der Waals surface area (Å²) in [5, 5.41) is 8.71. The number of amides is 7. The topological polar surface area (TPSA) is 257 Å². The zero-order valence-electron chi connectivity index (χ0n) is 53.8. The van der Waals surface area contributed by atoms with E-state index in [0.717, 1.165) is 11.6 Å². The molecule has 1 fully saturated rings. The van der Waals surface area contributed by atoms with Crippen LogP contribution < -0.4 is 25.4 Å². The molecule has 4 aromatic rings. The number of cyclic esters (lactones) is 2. The van der Waals surface area contributed by atoms with Gasteiger partial charge in [0.15, 0.2) is 11.5 Å². The van der Waals surface area contributed by atoms with Gasteiger partial charge in [-0.2, -0.15) is 0 Å². The number of carbonyl (C=O) groups is 10. The number of piperidine rings is 1. The number of likely N-dealkylation sites (N-methyl/N-ethyl adjacent to an activating group) is 3. The number of rotatable bonds is 11. The van der Waals surface area contributed by atoms with Crippen molar-refractivity contribution in [3.8, 4) is 11.5 Å². The summed E-state index contributed by atoms with van der Waals surface area (Å²) in [6.07, 6.45) is 3.41. The third-order valence-corrected chi connectivity index (χ3v) is 16.3. The summed E-state index contributed by atoms with van der Waals surface area (Å²) in [6.45, 7) is 9.96. The Labute approximate surface area is 528 Å². The van der Waals surface area contributed by atoms with Crippen LogP contribution in [-0.2, 0) is 70.3 Å². The maximum atomic E-state index is 15.0. The van der Waals surface area contributed by atoms with Gasteiger partial charge in [0.25, 0.3) is 5.91 Å². The Hall–Kier alpha value is -8.88. The van der Waals surface area contributed by atoms with Crippen LogP contribution in [0.2, 0.25) is 0 Å². The van der Waals surface area contributed by atoms with Gasteiger partial charge in [0.05, 0.1) is 19.6 Å². The molecule has 0 radical (unpaired) electrons. The molecule has 3 N–H and O–H groups in total. The number of anilines is 1. The summed E-state index contributed by atoms with van der Waals surface area (Å²) in [6, 6.07) is 24.0. The number of ketones is 1. The molecule has 7 amide bonds. The number of Topliss-reactive ketones (excluding diaryl/α,β-unsaturated/α-hetero) is 1. The van der Waals surface area contributed by atoms with Crippen molar-refractivity contribution >= 4 is 64.8 Å². The molecule has 484 valence electrons. The molecule has 21 heteroatoms. The molecule has 4 aromatic carbocycles. The number of hydrogen-bond donors (Lipinski definition) is 3. The minimum absolute atomic E-state index is 0.0244. The van der Waals surface area contributed by atoms with Gasteiger partial charge in [-0.3, -0.25) is 38.4 Å². The van der Waals surface area contributed by atoms with Crippen LogP contribution in [-0.4, -0.2) is 158 Å². The molecule has 2 heterocycles. The average molecular weight is 1240 g/mol. The fraction of sp³-hybridized carbons (Fsp3) is 0.478. The highest BCUT2D eigenvalue weighted by Crippen LogP contribution is 2.33. The van der Waals surface area contributed by atoms with Crippen LogP contribution in [0.15, 0.2) is 115 Å². The van der Waals surface area contributed by atoms with Gasteiger partial charge in [0.2, 0.25) is 41.2 Å². The van der Waals surface area contributed by atoms with Gasteiger partial charge in [-0.15, -0.1) is 0 Å². The van der Waals surface area contributed by atoms with Crippen molar-refractivity contribution in [1.82, 2.24) is 30.2 Å². The van der Waals surface area contributed by atoms with Crippen LogP contribution >= 0.6 is 0 Å². The second kappa shape index (κ2) is 33.1. The standard InChI is InChI=1S/C69H89N7O14/c1-44(2)39-53-63(81)71-51(40-46-23-14-12-15-24-46)65(83)75(9)61(45(3)4)64(82)72-60(48-25-16-13-17-26-48)66(84)73(7)37-20-19-30-59(79)89-43-69(5,6)62(80)67(85)76-38-21-18-29-52(76)68(86)90-54(33-31-47-32-34-55(87-10)56(41-47)88-11)49-27-22-28-50(42-49)70-57(77)35-36-58(78)74(53)8/h12-17,19,22-28,30,32,34,41-42,44-45,51-54,60-61H,18,20-21,29,31,33,35-40,43H2,1-11H3,(H,70,77)(H,71,81)(H,72,82)/t51-,52+,53+,54-,60+,61?/m1/s1. The second-order valence-electron chi connectivity index (χ2n) is 24.5. The molecule has 0 saturated carbocycles. The first-order valence-corrected chi connectivity index (χ1v) is 30.8. The van der Waals surface area contributed by atoms with Crippen LogP contribution in [0.5, 0.6) is 11.5 Å². The van der Waals surface area contributed by atoms with Gasteiger partial charge in [-0.25, -0.2) is 9.59 Å².